The Hall–Kier alpha value is -1.51. The van der Waals surface area contributed by atoms with Crippen molar-refractivity contribution < 1.29 is 14.3 Å². The number of carbonyl (C=O) groups is 1. The maximum Gasteiger partial charge on any atom is 0.163 e. The van der Waals surface area contributed by atoms with Gasteiger partial charge >= 0.3 is 0 Å². The zero-order valence-corrected chi connectivity index (χ0v) is 10.5. The van der Waals surface area contributed by atoms with E-state index in [1.165, 1.54) is 6.92 Å². The van der Waals surface area contributed by atoms with Gasteiger partial charge in [0.15, 0.2) is 5.78 Å². The standard InChI is InChI=1S/C13H18O3/c1-8(2)12-11(15-4)7-6-10(9(3)14)13(12)16-5/h6-8H,1-5H3. The quantitative estimate of drug-likeness (QED) is 0.734. The molecule has 0 saturated carbocycles. The highest BCUT2D eigenvalue weighted by Gasteiger charge is 2.19. The number of ketones is 1. The van der Waals surface area contributed by atoms with E-state index in [4.69, 9.17) is 9.47 Å². The summed E-state index contributed by atoms with van der Waals surface area (Å²) in [6.07, 6.45) is 0. The number of Topliss-reactive ketones (excluding diaryl/α,β-unsaturated/α-hetero) is 1. The summed E-state index contributed by atoms with van der Waals surface area (Å²) in [6.45, 7) is 5.63. The van der Waals surface area contributed by atoms with E-state index in [-0.39, 0.29) is 11.7 Å². The second kappa shape index (κ2) is 5.01. The minimum Gasteiger partial charge on any atom is -0.496 e. The summed E-state index contributed by atoms with van der Waals surface area (Å²) >= 11 is 0. The Morgan fingerprint density at radius 2 is 1.81 bits per heavy atom. The predicted octanol–water partition coefficient (Wildman–Crippen LogP) is 3.03. The summed E-state index contributed by atoms with van der Waals surface area (Å²) < 4.78 is 10.6. The van der Waals surface area contributed by atoms with Crippen LogP contribution in [0.4, 0.5) is 0 Å². The van der Waals surface area contributed by atoms with Crippen LogP contribution in [0.5, 0.6) is 11.5 Å². The Morgan fingerprint density at radius 3 is 2.19 bits per heavy atom. The van der Waals surface area contributed by atoms with E-state index in [0.717, 1.165) is 11.3 Å². The van der Waals surface area contributed by atoms with Gasteiger partial charge in [-0.1, -0.05) is 13.8 Å². The molecule has 0 saturated heterocycles. The number of methoxy groups -OCH3 is 2. The van der Waals surface area contributed by atoms with Crippen molar-refractivity contribution >= 4 is 5.78 Å². The molecule has 0 unspecified atom stereocenters. The van der Waals surface area contributed by atoms with Gasteiger partial charge in [-0.25, -0.2) is 0 Å². The van der Waals surface area contributed by atoms with Crippen molar-refractivity contribution in [1.82, 2.24) is 0 Å². The van der Waals surface area contributed by atoms with Gasteiger partial charge in [0.2, 0.25) is 0 Å². The number of rotatable bonds is 4. The van der Waals surface area contributed by atoms with Crippen LogP contribution in [-0.4, -0.2) is 20.0 Å². The molecule has 3 heteroatoms. The van der Waals surface area contributed by atoms with Gasteiger partial charge < -0.3 is 9.47 Å². The van der Waals surface area contributed by atoms with E-state index in [0.29, 0.717) is 11.3 Å². The largest absolute Gasteiger partial charge is 0.496 e. The summed E-state index contributed by atoms with van der Waals surface area (Å²) in [7, 11) is 3.20. The van der Waals surface area contributed by atoms with Crippen LogP contribution in [0.1, 0.15) is 42.6 Å². The average molecular weight is 222 g/mol. The van der Waals surface area contributed by atoms with Crippen LogP contribution in [0.3, 0.4) is 0 Å². The highest BCUT2D eigenvalue weighted by Crippen LogP contribution is 2.37. The lowest BCUT2D eigenvalue weighted by Crippen LogP contribution is -2.04. The normalized spacial score (nSPS) is 10.4. The molecule has 0 N–H and O–H groups in total. The molecule has 16 heavy (non-hydrogen) atoms. The maximum atomic E-state index is 11.5. The Balaban J connectivity index is 3.49. The number of carbonyl (C=O) groups excluding carboxylic acids is 1. The van der Waals surface area contributed by atoms with Crippen molar-refractivity contribution in [3.63, 3.8) is 0 Å². The lowest BCUT2D eigenvalue weighted by molar-refractivity contribution is 0.101. The van der Waals surface area contributed by atoms with Crippen LogP contribution in [0.15, 0.2) is 12.1 Å². The molecule has 1 aromatic carbocycles. The Bertz CT molecular complexity index is 394. The van der Waals surface area contributed by atoms with Crippen molar-refractivity contribution in [2.75, 3.05) is 14.2 Å². The first-order valence-corrected chi connectivity index (χ1v) is 5.28. The second-order valence-corrected chi connectivity index (χ2v) is 3.97. The van der Waals surface area contributed by atoms with E-state index in [2.05, 4.69) is 0 Å². The SMILES string of the molecule is COc1ccc(C(C)=O)c(OC)c1C(C)C. The molecule has 0 aromatic heterocycles. The molecule has 1 rings (SSSR count). The molecule has 0 heterocycles. The third-order valence-corrected chi connectivity index (χ3v) is 2.54. The third-order valence-electron chi connectivity index (χ3n) is 2.54. The van der Waals surface area contributed by atoms with Gasteiger partial charge in [-0.3, -0.25) is 4.79 Å². The summed E-state index contributed by atoms with van der Waals surface area (Å²) in [5.41, 5.74) is 1.55. The minimum absolute atomic E-state index is 0.00130. The fourth-order valence-electron chi connectivity index (χ4n) is 1.80. The summed E-state index contributed by atoms with van der Waals surface area (Å²) in [5.74, 6) is 1.63. The smallest absolute Gasteiger partial charge is 0.163 e. The lowest BCUT2D eigenvalue weighted by atomic mass is 9.96. The Labute approximate surface area is 96.4 Å². The molecule has 0 aliphatic rings. The number of benzene rings is 1. The molecule has 0 radical (unpaired) electrons. The lowest BCUT2D eigenvalue weighted by Gasteiger charge is -2.18. The molecule has 0 aliphatic heterocycles. The van der Waals surface area contributed by atoms with Gasteiger partial charge in [0.25, 0.3) is 0 Å². The summed E-state index contributed by atoms with van der Waals surface area (Å²) in [5, 5.41) is 0. The highest BCUT2D eigenvalue weighted by atomic mass is 16.5. The molecule has 0 bridgehead atoms. The average Bonchev–Trinajstić information content (AvgIpc) is 2.26. The van der Waals surface area contributed by atoms with Crippen molar-refractivity contribution in [3.05, 3.63) is 23.3 Å². The molecule has 3 nitrogen and oxygen atoms in total. The minimum atomic E-state index is 0.00130. The summed E-state index contributed by atoms with van der Waals surface area (Å²) in [6, 6.07) is 3.56. The topological polar surface area (TPSA) is 35.5 Å². The van der Waals surface area contributed by atoms with Gasteiger partial charge in [0.05, 0.1) is 19.8 Å². The van der Waals surface area contributed by atoms with E-state index in [1.807, 2.05) is 19.9 Å². The fourth-order valence-corrected chi connectivity index (χ4v) is 1.80. The van der Waals surface area contributed by atoms with Gasteiger partial charge in [-0.15, -0.1) is 0 Å². The molecular weight excluding hydrogens is 204 g/mol. The predicted molar refractivity (Wildman–Crippen MR) is 63.6 cm³/mol. The maximum absolute atomic E-state index is 11.5. The summed E-state index contributed by atoms with van der Waals surface area (Å²) in [4.78, 5) is 11.5. The Kier molecular flexibility index (Phi) is 3.93. The molecule has 0 atom stereocenters. The molecule has 0 fully saturated rings. The van der Waals surface area contributed by atoms with E-state index in [9.17, 15) is 4.79 Å². The second-order valence-electron chi connectivity index (χ2n) is 3.97. The van der Waals surface area contributed by atoms with E-state index >= 15 is 0 Å². The van der Waals surface area contributed by atoms with Crippen LogP contribution >= 0.6 is 0 Å². The zero-order chi connectivity index (χ0) is 12.3. The number of ether oxygens (including phenoxy) is 2. The van der Waals surface area contributed by atoms with Gasteiger partial charge in [0, 0.05) is 5.56 Å². The van der Waals surface area contributed by atoms with Gasteiger partial charge in [-0.2, -0.15) is 0 Å². The monoisotopic (exact) mass is 222 g/mol. The van der Waals surface area contributed by atoms with Crippen molar-refractivity contribution in [2.24, 2.45) is 0 Å². The number of hydrogen-bond donors (Lipinski definition) is 0. The first kappa shape index (κ1) is 12.6. The van der Waals surface area contributed by atoms with Crippen LogP contribution < -0.4 is 9.47 Å². The van der Waals surface area contributed by atoms with E-state index < -0.39 is 0 Å². The number of hydrogen-bond acceptors (Lipinski definition) is 3. The van der Waals surface area contributed by atoms with Crippen LogP contribution in [0, 0.1) is 0 Å². The molecule has 0 aliphatic carbocycles. The fraction of sp³-hybridized carbons (Fsp3) is 0.462. The zero-order valence-electron chi connectivity index (χ0n) is 10.5. The Morgan fingerprint density at radius 1 is 1.19 bits per heavy atom. The molecule has 1 aromatic rings. The van der Waals surface area contributed by atoms with Crippen molar-refractivity contribution in [3.8, 4) is 11.5 Å². The first-order chi connectivity index (χ1) is 7.52. The van der Waals surface area contributed by atoms with Crippen LogP contribution in [-0.2, 0) is 0 Å². The first-order valence-electron chi connectivity index (χ1n) is 5.28. The molecule has 0 amide bonds. The third kappa shape index (κ3) is 2.18. The highest BCUT2D eigenvalue weighted by molar-refractivity contribution is 5.97. The van der Waals surface area contributed by atoms with Gasteiger partial charge in [-0.05, 0) is 25.0 Å². The van der Waals surface area contributed by atoms with Crippen molar-refractivity contribution in [1.29, 1.82) is 0 Å². The van der Waals surface area contributed by atoms with Crippen molar-refractivity contribution in [2.45, 2.75) is 26.7 Å². The van der Waals surface area contributed by atoms with E-state index in [1.54, 1.807) is 20.3 Å². The molecule has 88 valence electrons. The molecular formula is C13H18O3. The molecule has 0 spiro atoms. The van der Waals surface area contributed by atoms with Crippen LogP contribution in [0.2, 0.25) is 0 Å². The van der Waals surface area contributed by atoms with Crippen LogP contribution in [0.25, 0.3) is 0 Å². The van der Waals surface area contributed by atoms with Gasteiger partial charge in [0.1, 0.15) is 11.5 Å².